The van der Waals surface area contributed by atoms with Crippen LogP contribution in [0.2, 0.25) is 5.02 Å². The van der Waals surface area contributed by atoms with Crippen molar-refractivity contribution in [1.29, 1.82) is 0 Å². The smallest absolute Gasteiger partial charge is 0.240 e. The first-order valence-corrected chi connectivity index (χ1v) is 10.8. The molecule has 0 spiro atoms. The number of hydrogen-bond acceptors (Lipinski definition) is 3. The van der Waals surface area contributed by atoms with Gasteiger partial charge >= 0.3 is 0 Å². The Morgan fingerprint density at radius 1 is 0.966 bits per heavy atom. The van der Waals surface area contributed by atoms with E-state index in [0.717, 1.165) is 29.7 Å². The van der Waals surface area contributed by atoms with Crippen LogP contribution in [0.15, 0.2) is 53.6 Å². The van der Waals surface area contributed by atoms with Crippen LogP contribution in [-0.2, 0) is 11.4 Å². The summed E-state index contributed by atoms with van der Waals surface area (Å²) in [5, 5.41) is 4.75. The van der Waals surface area contributed by atoms with Crippen LogP contribution < -0.4 is 10.2 Å². The van der Waals surface area contributed by atoms with Gasteiger partial charge in [0.05, 0.1) is 6.21 Å². The van der Waals surface area contributed by atoms with Gasteiger partial charge in [-0.05, 0) is 53.9 Å². The molecule has 2 aromatic rings. The van der Waals surface area contributed by atoms with Gasteiger partial charge in [-0.25, -0.2) is 5.43 Å². The van der Waals surface area contributed by atoms with Gasteiger partial charge in [0.2, 0.25) is 5.91 Å². The zero-order chi connectivity index (χ0) is 20.7. The third-order valence-electron chi connectivity index (χ3n) is 4.61. The molecule has 29 heavy (non-hydrogen) atoms. The maximum atomic E-state index is 11.8. The van der Waals surface area contributed by atoms with Gasteiger partial charge in [-0.1, -0.05) is 69.2 Å². The van der Waals surface area contributed by atoms with E-state index >= 15 is 0 Å². The van der Waals surface area contributed by atoms with E-state index in [9.17, 15) is 4.79 Å². The molecule has 0 aliphatic heterocycles. The second kappa shape index (κ2) is 13.8. The van der Waals surface area contributed by atoms with Crippen LogP contribution in [-0.4, -0.2) is 12.1 Å². The molecule has 2 aromatic carbocycles. The summed E-state index contributed by atoms with van der Waals surface area (Å²) in [7, 11) is 0. The second-order valence-electron chi connectivity index (χ2n) is 7.15. The van der Waals surface area contributed by atoms with E-state index in [-0.39, 0.29) is 5.91 Å². The van der Waals surface area contributed by atoms with Gasteiger partial charge in [-0.15, -0.1) is 0 Å². The average Bonchev–Trinajstić information content (AvgIpc) is 2.73. The predicted molar refractivity (Wildman–Crippen MR) is 121 cm³/mol. The van der Waals surface area contributed by atoms with Crippen LogP contribution in [0.5, 0.6) is 5.75 Å². The summed E-state index contributed by atoms with van der Waals surface area (Å²) in [5.74, 6) is 0.748. The van der Waals surface area contributed by atoms with Gasteiger partial charge in [0.25, 0.3) is 0 Å². The van der Waals surface area contributed by atoms with Crippen molar-refractivity contribution < 1.29 is 9.53 Å². The molecule has 0 aliphatic rings. The Kier molecular flexibility index (Phi) is 10.9. The number of hydrazone groups is 1. The Labute approximate surface area is 179 Å². The third kappa shape index (κ3) is 10.1. The molecule has 1 N–H and O–H groups in total. The zero-order valence-corrected chi connectivity index (χ0v) is 18.0. The number of rotatable bonds is 13. The maximum Gasteiger partial charge on any atom is 0.240 e. The van der Waals surface area contributed by atoms with E-state index in [1.54, 1.807) is 6.21 Å². The van der Waals surface area contributed by atoms with Crippen molar-refractivity contribution >= 4 is 23.7 Å². The van der Waals surface area contributed by atoms with Crippen molar-refractivity contribution in [2.75, 3.05) is 0 Å². The maximum absolute atomic E-state index is 11.8. The average molecular weight is 415 g/mol. The molecule has 1 amide bonds. The monoisotopic (exact) mass is 414 g/mol. The number of carbonyl (C=O) groups is 1. The lowest BCUT2D eigenvalue weighted by Crippen LogP contribution is -2.16. The van der Waals surface area contributed by atoms with Gasteiger partial charge in [0, 0.05) is 11.4 Å². The van der Waals surface area contributed by atoms with Crippen LogP contribution in [0, 0.1) is 0 Å². The Balaban J connectivity index is 1.62. The second-order valence-corrected chi connectivity index (χ2v) is 7.59. The zero-order valence-electron chi connectivity index (χ0n) is 17.2. The highest BCUT2D eigenvalue weighted by Crippen LogP contribution is 2.15. The summed E-state index contributed by atoms with van der Waals surface area (Å²) in [6, 6.07) is 15.2. The van der Waals surface area contributed by atoms with E-state index in [2.05, 4.69) is 17.5 Å². The van der Waals surface area contributed by atoms with Gasteiger partial charge in [-0.2, -0.15) is 5.10 Å². The first-order chi connectivity index (χ1) is 14.2. The van der Waals surface area contributed by atoms with Crippen molar-refractivity contribution in [3.63, 3.8) is 0 Å². The summed E-state index contributed by atoms with van der Waals surface area (Å²) >= 11 is 5.88. The fourth-order valence-corrected chi connectivity index (χ4v) is 3.00. The number of benzene rings is 2. The van der Waals surface area contributed by atoms with Crippen molar-refractivity contribution in [3.05, 3.63) is 64.7 Å². The minimum atomic E-state index is -0.0299. The molecule has 0 saturated carbocycles. The molecule has 2 rings (SSSR count). The highest BCUT2D eigenvalue weighted by atomic mass is 35.5. The van der Waals surface area contributed by atoms with E-state index in [1.807, 2.05) is 48.5 Å². The fraction of sp³-hybridized carbons (Fsp3) is 0.417. The van der Waals surface area contributed by atoms with Gasteiger partial charge in [-0.3, -0.25) is 4.79 Å². The van der Waals surface area contributed by atoms with Crippen molar-refractivity contribution in [2.24, 2.45) is 5.10 Å². The number of ether oxygens (including phenoxy) is 1. The molecule has 0 saturated heterocycles. The number of unbranched alkanes of at least 4 members (excludes halogenated alkanes) is 6. The molecule has 0 radical (unpaired) electrons. The van der Waals surface area contributed by atoms with Gasteiger partial charge in [0.15, 0.2) is 0 Å². The minimum absolute atomic E-state index is 0.0299. The van der Waals surface area contributed by atoms with Gasteiger partial charge < -0.3 is 4.74 Å². The number of nitrogens with one attached hydrogen (secondary N) is 1. The molecule has 0 heterocycles. The SMILES string of the molecule is CCCCCCCCCC(=O)NN=Cc1ccc(OCc2ccc(Cl)cc2)cc1. The molecular weight excluding hydrogens is 384 g/mol. The van der Waals surface area contributed by atoms with Crippen molar-refractivity contribution in [1.82, 2.24) is 5.43 Å². The molecule has 0 fully saturated rings. The quantitative estimate of drug-likeness (QED) is 0.231. The molecule has 0 unspecified atom stereocenters. The normalized spacial score (nSPS) is 11.0. The molecule has 5 heteroatoms. The highest BCUT2D eigenvalue weighted by Gasteiger charge is 2.00. The summed E-state index contributed by atoms with van der Waals surface area (Å²) < 4.78 is 5.76. The summed E-state index contributed by atoms with van der Waals surface area (Å²) in [5.41, 5.74) is 4.56. The van der Waals surface area contributed by atoms with E-state index in [4.69, 9.17) is 16.3 Å². The molecule has 156 valence electrons. The number of halogens is 1. The highest BCUT2D eigenvalue weighted by molar-refractivity contribution is 6.30. The largest absolute Gasteiger partial charge is 0.489 e. The van der Waals surface area contributed by atoms with Crippen LogP contribution in [0.4, 0.5) is 0 Å². The predicted octanol–water partition coefficient (Wildman–Crippen LogP) is 6.51. The Morgan fingerprint density at radius 3 is 2.31 bits per heavy atom. The topological polar surface area (TPSA) is 50.7 Å². The summed E-state index contributed by atoms with van der Waals surface area (Å²) in [4.78, 5) is 11.8. The minimum Gasteiger partial charge on any atom is -0.489 e. The van der Waals surface area contributed by atoms with Crippen LogP contribution in [0.25, 0.3) is 0 Å². The lowest BCUT2D eigenvalue weighted by atomic mass is 10.1. The van der Waals surface area contributed by atoms with Gasteiger partial charge in [0.1, 0.15) is 12.4 Å². The molecule has 0 atom stereocenters. The summed E-state index contributed by atoms with van der Waals surface area (Å²) in [6.45, 7) is 2.70. The number of amides is 1. The van der Waals surface area contributed by atoms with E-state index < -0.39 is 0 Å². The first kappa shape index (κ1) is 23.0. The van der Waals surface area contributed by atoms with E-state index in [1.165, 1.54) is 32.1 Å². The van der Waals surface area contributed by atoms with Crippen molar-refractivity contribution in [2.45, 2.75) is 64.9 Å². The van der Waals surface area contributed by atoms with Crippen LogP contribution in [0.3, 0.4) is 0 Å². The van der Waals surface area contributed by atoms with Crippen LogP contribution >= 0.6 is 11.6 Å². The van der Waals surface area contributed by atoms with Crippen LogP contribution in [0.1, 0.15) is 69.4 Å². The first-order valence-electron chi connectivity index (χ1n) is 10.5. The Bertz CT molecular complexity index is 742. The Hall–Kier alpha value is -2.33. The Morgan fingerprint density at radius 2 is 1.62 bits per heavy atom. The number of carbonyl (C=O) groups excluding carboxylic acids is 1. The molecule has 0 aromatic heterocycles. The lowest BCUT2D eigenvalue weighted by Gasteiger charge is -2.06. The molecular formula is C24H31ClN2O2. The number of hydrogen-bond donors (Lipinski definition) is 1. The standard InChI is InChI=1S/C24H31ClN2O2/c1-2-3-4-5-6-7-8-9-24(28)27-26-18-20-12-16-23(17-13-20)29-19-21-10-14-22(25)15-11-21/h10-18H,2-9,19H2,1H3,(H,27,28). The van der Waals surface area contributed by atoms with E-state index in [0.29, 0.717) is 18.1 Å². The number of nitrogens with zero attached hydrogens (tertiary/aromatic N) is 1. The molecule has 0 bridgehead atoms. The third-order valence-corrected chi connectivity index (χ3v) is 4.86. The lowest BCUT2D eigenvalue weighted by molar-refractivity contribution is -0.121. The molecule has 0 aliphatic carbocycles. The molecule has 4 nitrogen and oxygen atoms in total. The summed E-state index contributed by atoms with van der Waals surface area (Å²) in [6.07, 6.45) is 10.6. The fourth-order valence-electron chi connectivity index (χ4n) is 2.87. The van der Waals surface area contributed by atoms with Crippen molar-refractivity contribution in [3.8, 4) is 5.75 Å².